The molecule has 34 heavy (non-hydrogen) atoms. The number of fused-ring (bicyclic) bond motifs is 1. The number of carbonyl (C=O) groups is 1. The predicted octanol–water partition coefficient (Wildman–Crippen LogP) is 3.47. The standard InChI is InChI=1S/C25H25FN6O2/c26-18-3-1-2-16(10-18)12-29-23-14-27-13-22(30-23)19-4-7-28-25-20(19)11-21(31-25)17-5-8-32(9-6-17)24(34)15-33/h1-4,7,10-11,13-14,17,33H,5-6,8-9,12,15H2,(H,28,31)(H,29,30). The van der Waals surface area contributed by atoms with Crippen LogP contribution in [0, 0.1) is 5.82 Å². The van der Waals surface area contributed by atoms with Gasteiger partial charge in [0, 0.05) is 48.4 Å². The van der Waals surface area contributed by atoms with Gasteiger partial charge in [-0.15, -0.1) is 0 Å². The molecule has 0 saturated carbocycles. The Morgan fingerprint density at radius 1 is 1.21 bits per heavy atom. The number of likely N-dealkylation sites (tertiary alicyclic amines) is 1. The van der Waals surface area contributed by atoms with Crippen molar-refractivity contribution in [3.63, 3.8) is 0 Å². The molecule has 4 heterocycles. The van der Waals surface area contributed by atoms with Gasteiger partial charge in [-0.05, 0) is 42.7 Å². The highest BCUT2D eigenvalue weighted by Gasteiger charge is 2.25. The molecule has 0 radical (unpaired) electrons. The van der Waals surface area contributed by atoms with Gasteiger partial charge >= 0.3 is 0 Å². The molecule has 0 spiro atoms. The van der Waals surface area contributed by atoms with Crippen molar-refractivity contribution in [1.82, 2.24) is 24.8 Å². The van der Waals surface area contributed by atoms with E-state index in [1.54, 1.807) is 29.6 Å². The number of pyridine rings is 1. The fraction of sp³-hybridized carbons (Fsp3) is 0.280. The number of nitrogens with zero attached hydrogens (tertiary/aromatic N) is 4. The van der Waals surface area contributed by atoms with Gasteiger partial charge in [0.2, 0.25) is 5.91 Å². The second-order valence-electron chi connectivity index (χ2n) is 8.43. The molecule has 0 unspecified atom stereocenters. The van der Waals surface area contributed by atoms with Crippen LogP contribution in [0.5, 0.6) is 0 Å². The van der Waals surface area contributed by atoms with Crippen LogP contribution in [0.3, 0.4) is 0 Å². The van der Waals surface area contributed by atoms with Gasteiger partial charge in [-0.1, -0.05) is 12.1 Å². The van der Waals surface area contributed by atoms with Crippen molar-refractivity contribution in [2.75, 3.05) is 25.0 Å². The summed E-state index contributed by atoms with van der Waals surface area (Å²) in [5.41, 5.74) is 4.31. The number of halogens is 1. The molecule has 1 amide bonds. The maximum atomic E-state index is 13.4. The van der Waals surface area contributed by atoms with Crippen LogP contribution in [-0.4, -0.2) is 55.5 Å². The zero-order chi connectivity index (χ0) is 23.5. The third kappa shape index (κ3) is 4.60. The number of rotatable bonds is 6. The minimum atomic E-state index is -0.443. The number of anilines is 1. The number of aliphatic hydroxyl groups excluding tert-OH is 1. The van der Waals surface area contributed by atoms with E-state index in [1.165, 1.54) is 12.1 Å². The molecular formula is C25H25FN6O2. The highest BCUT2D eigenvalue weighted by Crippen LogP contribution is 2.33. The molecule has 3 N–H and O–H groups in total. The minimum absolute atomic E-state index is 0.219. The first-order valence-electron chi connectivity index (χ1n) is 11.3. The number of amides is 1. The number of aromatic amines is 1. The first-order valence-corrected chi connectivity index (χ1v) is 11.3. The Labute approximate surface area is 195 Å². The third-order valence-corrected chi connectivity index (χ3v) is 6.25. The molecule has 8 nitrogen and oxygen atoms in total. The summed E-state index contributed by atoms with van der Waals surface area (Å²) in [6.07, 6.45) is 6.76. The van der Waals surface area contributed by atoms with E-state index in [0.717, 1.165) is 40.7 Å². The summed E-state index contributed by atoms with van der Waals surface area (Å²) < 4.78 is 13.4. The first kappa shape index (κ1) is 22.0. The topological polar surface area (TPSA) is 107 Å². The van der Waals surface area contributed by atoms with Crippen LogP contribution in [0.4, 0.5) is 10.2 Å². The van der Waals surface area contributed by atoms with Crippen molar-refractivity contribution in [2.24, 2.45) is 0 Å². The number of nitrogens with one attached hydrogen (secondary N) is 2. The number of benzene rings is 1. The molecular weight excluding hydrogens is 435 g/mol. The van der Waals surface area contributed by atoms with E-state index in [-0.39, 0.29) is 17.6 Å². The number of hydrogen-bond acceptors (Lipinski definition) is 6. The van der Waals surface area contributed by atoms with E-state index >= 15 is 0 Å². The Bertz CT molecular complexity index is 1320. The fourth-order valence-corrected chi connectivity index (χ4v) is 4.45. The summed E-state index contributed by atoms with van der Waals surface area (Å²) in [5, 5.41) is 13.3. The number of H-pyrrole nitrogens is 1. The van der Waals surface area contributed by atoms with Crippen LogP contribution in [0.2, 0.25) is 0 Å². The zero-order valence-corrected chi connectivity index (χ0v) is 18.5. The Balaban J connectivity index is 1.36. The minimum Gasteiger partial charge on any atom is -0.387 e. The lowest BCUT2D eigenvalue weighted by Gasteiger charge is -2.31. The molecule has 1 aromatic carbocycles. The van der Waals surface area contributed by atoms with Crippen molar-refractivity contribution in [3.8, 4) is 11.3 Å². The normalized spacial score (nSPS) is 14.5. The van der Waals surface area contributed by atoms with Gasteiger partial charge < -0.3 is 20.3 Å². The Kier molecular flexibility index (Phi) is 6.18. The van der Waals surface area contributed by atoms with E-state index in [9.17, 15) is 9.18 Å². The van der Waals surface area contributed by atoms with Crippen LogP contribution in [0.15, 0.2) is 55.0 Å². The van der Waals surface area contributed by atoms with E-state index in [2.05, 4.69) is 26.3 Å². The summed E-state index contributed by atoms with van der Waals surface area (Å²) in [4.78, 5) is 30.4. The van der Waals surface area contributed by atoms with E-state index in [1.807, 2.05) is 12.1 Å². The number of hydrogen-bond donors (Lipinski definition) is 3. The van der Waals surface area contributed by atoms with Gasteiger partial charge in [0.25, 0.3) is 0 Å². The molecule has 174 valence electrons. The molecule has 0 atom stereocenters. The molecule has 0 aliphatic carbocycles. The van der Waals surface area contributed by atoms with Gasteiger partial charge in [-0.3, -0.25) is 9.78 Å². The molecule has 9 heteroatoms. The second-order valence-corrected chi connectivity index (χ2v) is 8.43. The van der Waals surface area contributed by atoms with Crippen LogP contribution < -0.4 is 5.32 Å². The van der Waals surface area contributed by atoms with Crippen LogP contribution in [-0.2, 0) is 11.3 Å². The molecule has 1 fully saturated rings. The number of carbonyl (C=O) groups excluding carboxylic acids is 1. The smallest absolute Gasteiger partial charge is 0.248 e. The number of aromatic nitrogens is 4. The quantitative estimate of drug-likeness (QED) is 0.407. The predicted molar refractivity (Wildman–Crippen MR) is 126 cm³/mol. The highest BCUT2D eigenvalue weighted by atomic mass is 19.1. The van der Waals surface area contributed by atoms with Gasteiger partial charge in [-0.25, -0.2) is 14.4 Å². The molecule has 3 aromatic heterocycles. The second kappa shape index (κ2) is 9.56. The largest absolute Gasteiger partial charge is 0.387 e. The van der Waals surface area contributed by atoms with Crippen LogP contribution >= 0.6 is 0 Å². The van der Waals surface area contributed by atoms with E-state index in [4.69, 9.17) is 10.1 Å². The Hall–Kier alpha value is -3.85. The van der Waals surface area contributed by atoms with Crippen molar-refractivity contribution in [1.29, 1.82) is 0 Å². The Morgan fingerprint density at radius 3 is 2.85 bits per heavy atom. The average molecular weight is 461 g/mol. The maximum Gasteiger partial charge on any atom is 0.248 e. The van der Waals surface area contributed by atoms with Crippen LogP contribution in [0.25, 0.3) is 22.3 Å². The lowest BCUT2D eigenvalue weighted by atomic mass is 9.93. The molecule has 1 aliphatic heterocycles. The lowest BCUT2D eigenvalue weighted by molar-refractivity contribution is -0.135. The molecule has 1 aliphatic rings. The molecule has 4 aromatic rings. The average Bonchev–Trinajstić information content (AvgIpc) is 3.32. The van der Waals surface area contributed by atoms with Gasteiger partial charge in [0.05, 0.1) is 18.1 Å². The molecule has 5 rings (SSSR count). The summed E-state index contributed by atoms with van der Waals surface area (Å²) in [7, 11) is 0. The van der Waals surface area contributed by atoms with Crippen molar-refractivity contribution in [2.45, 2.75) is 25.3 Å². The monoisotopic (exact) mass is 460 g/mol. The van der Waals surface area contributed by atoms with Crippen molar-refractivity contribution in [3.05, 3.63) is 72.1 Å². The number of aliphatic hydroxyl groups is 1. The van der Waals surface area contributed by atoms with Gasteiger partial charge in [-0.2, -0.15) is 0 Å². The SMILES string of the molecule is O=C(CO)N1CCC(c2cc3c(-c4cncc(NCc5cccc(F)c5)n4)ccnc3[nH]2)CC1. The summed E-state index contributed by atoms with van der Waals surface area (Å²) >= 11 is 0. The number of piperidine rings is 1. The summed E-state index contributed by atoms with van der Waals surface area (Å²) in [6.45, 7) is 1.25. The van der Waals surface area contributed by atoms with Crippen LogP contribution in [0.1, 0.15) is 30.0 Å². The first-order chi connectivity index (χ1) is 16.6. The highest BCUT2D eigenvalue weighted by molar-refractivity contribution is 5.92. The van der Waals surface area contributed by atoms with E-state index < -0.39 is 6.61 Å². The molecule has 1 saturated heterocycles. The third-order valence-electron chi connectivity index (χ3n) is 6.25. The van der Waals surface area contributed by atoms with Crippen molar-refractivity contribution >= 4 is 22.8 Å². The summed E-state index contributed by atoms with van der Waals surface area (Å²) in [5.74, 6) is 0.398. The maximum absolute atomic E-state index is 13.4. The van der Waals surface area contributed by atoms with Gasteiger partial charge in [0.15, 0.2) is 0 Å². The van der Waals surface area contributed by atoms with Crippen molar-refractivity contribution < 1.29 is 14.3 Å². The summed E-state index contributed by atoms with van der Waals surface area (Å²) in [6, 6.07) is 10.5. The van der Waals surface area contributed by atoms with E-state index in [0.29, 0.717) is 31.1 Å². The van der Waals surface area contributed by atoms with Gasteiger partial charge in [0.1, 0.15) is 23.9 Å². The molecule has 0 bridgehead atoms. The lowest BCUT2D eigenvalue weighted by Crippen LogP contribution is -2.39. The Morgan fingerprint density at radius 2 is 2.06 bits per heavy atom. The fourth-order valence-electron chi connectivity index (χ4n) is 4.45. The zero-order valence-electron chi connectivity index (χ0n) is 18.5.